The predicted octanol–water partition coefficient (Wildman–Crippen LogP) is 4.17. The molecule has 1 aromatic carbocycles. The van der Waals surface area contributed by atoms with Crippen LogP contribution in [0.4, 0.5) is 32.0 Å². The number of benzene rings is 1. The fraction of sp³-hybridized carbons (Fsp3) is 0.500. The van der Waals surface area contributed by atoms with Gasteiger partial charge < -0.3 is 4.90 Å². The third kappa shape index (κ3) is 6.64. The molecule has 2 aliphatic heterocycles. The van der Waals surface area contributed by atoms with Crippen molar-refractivity contribution in [2.24, 2.45) is 0 Å². The van der Waals surface area contributed by atoms with Crippen molar-refractivity contribution in [1.29, 1.82) is 0 Å². The Labute approximate surface area is 215 Å². The average Bonchev–Trinajstić information content (AvgIpc) is 3.26. The number of piperidine rings is 1. The molecule has 0 unspecified atom stereocenters. The first-order valence-corrected chi connectivity index (χ1v) is 13.4. The normalized spacial score (nSPS) is 21.7. The van der Waals surface area contributed by atoms with Crippen LogP contribution >= 0.6 is 0 Å². The highest BCUT2D eigenvalue weighted by Crippen LogP contribution is 2.31. The Morgan fingerprint density at radius 3 is 2.39 bits per heavy atom. The van der Waals surface area contributed by atoms with Crippen molar-refractivity contribution < 1.29 is 44.3 Å². The Morgan fingerprint density at radius 1 is 1.11 bits per heavy atom. The van der Waals surface area contributed by atoms with Crippen LogP contribution in [0, 0.1) is 11.6 Å². The smallest absolute Gasteiger partial charge is 0.369 e. The van der Waals surface area contributed by atoms with Crippen LogP contribution in [0.2, 0.25) is 0 Å². The molecule has 2 fully saturated rings. The zero-order chi connectivity index (χ0) is 27.7. The molecular weight excluding hydrogens is 540 g/mol. The number of alkyl halides is 4. The summed E-state index contributed by atoms with van der Waals surface area (Å²) in [4.78, 5) is 18.2. The quantitative estimate of drug-likeness (QED) is 0.448. The molecule has 38 heavy (non-hydrogen) atoms. The fourth-order valence-electron chi connectivity index (χ4n) is 4.73. The van der Waals surface area contributed by atoms with Gasteiger partial charge in [0, 0.05) is 38.2 Å². The summed E-state index contributed by atoms with van der Waals surface area (Å²) in [6.45, 7) is -0.268. The van der Waals surface area contributed by atoms with E-state index in [0.717, 1.165) is 34.8 Å². The summed E-state index contributed by atoms with van der Waals surface area (Å²) in [5, 5.41) is 0. The van der Waals surface area contributed by atoms with Crippen LogP contribution in [-0.4, -0.2) is 67.8 Å². The number of ether oxygens (including phenoxy) is 1. The first kappa shape index (κ1) is 28.3. The van der Waals surface area contributed by atoms with Gasteiger partial charge in [-0.2, -0.15) is 4.31 Å². The van der Waals surface area contributed by atoms with Crippen molar-refractivity contribution in [3.05, 3.63) is 53.9 Å². The van der Waals surface area contributed by atoms with E-state index in [-0.39, 0.29) is 55.8 Å². The van der Waals surface area contributed by atoms with Crippen LogP contribution < -0.4 is 4.90 Å². The monoisotopic (exact) mass is 565 g/mol. The SMILES string of the molecule is O=C(CCc1cc(N2CCC(OC(F)(F)F)CC2)c(F)cn1)[C@@H]1C[C@@H](F)CN1S(=O)(=O)c1ccc(F)cc1. The number of rotatable bonds is 8. The maximum absolute atomic E-state index is 14.5. The van der Waals surface area contributed by atoms with Gasteiger partial charge >= 0.3 is 6.36 Å². The molecule has 0 amide bonds. The van der Waals surface area contributed by atoms with Crippen molar-refractivity contribution in [1.82, 2.24) is 9.29 Å². The maximum atomic E-state index is 14.5. The molecule has 0 N–H and O–H groups in total. The molecule has 14 heteroatoms. The number of carbonyl (C=O) groups is 1. The van der Waals surface area contributed by atoms with Crippen LogP contribution in [0.15, 0.2) is 41.4 Å². The number of ketones is 1. The molecule has 0 bridgehead atoms. The van der Waals surface area contributed by atoms with Gasteiger partial charge in [0.05, 0.1) is 28.9 Å². The topological polar surface area (TPSA) is 79.8 Å². The molecule has 0 spiro atoms. The standard InChI is InChI=1S/C24H25F6N3O4S/c25-15-1-4-19(5-2-15)38(35,36)33-14-16(26)11-22(33)23(34)6-3-17-12-21(20(27)13-31-17)32-9-7-18(8-10-32)37-24(28,29)30/h1-2,4-5,12-13,16,18,22H,3,6-11,14H2/t16-,22+/m1/s1. The number of hydrogen-bond acceptors (Lipinski definition) is 6. The maximum Gasteiger partial charge on any atom is 0.522 e. The van der Waals surface area contributed by atoms with Crippen molar-refractivity contribution in [2.75, 3.05) is 24.5 Å². The highest BCUT2D eigenvalue weighted by molar-refractivity contribution is 7.89. The summed E-state index contributed by atoms with van der Waals surface area (Å²) in [5.41, 5.74) is 0.435. The molecule has 4 rings (SSSR count). The number of nitrogens with zero attached hydrogens (tertiary/aromatic N) is 3. The lowest BCUT2D eigenvalue weighted by molar-refractivity contribution is -0.344. The summed E-state index contributed by atoms with van der Waals surface area (Å²) in [5.74, 6) is -1.87. The Morgan fingerprint density at radius 2 is 1.76 bits per heavy atom. The van der Waals surface area contributed by atoms with Crippen LogP contribution in [0.25, 0.3) is 0 Å². The molecule has 2 saturated heterocycles. The van der Waals surface area contributed by atoms with E-state index in [0.29, 0.717) is 5.69 Å². The van der Waals surface area contributed by atoms with Gasteiger partial charge in [-0.3, -0.25) is 14.5 Å². The summed E-state index contributed by atoms with van der Waals surface area (Å²) >= 11 is 0. The van der Waals surface area contributed by atoms with Gasteiger partial charge in [-0.15, -0.1) is 13.2 Å². The summed E-state index contributed by atoms with van der Waals surface area (Å²) in [7, 11) is -4.26. The number of anilines is 1. The Balaban J connectivity index is 1.41. The van der Waals surface area contributed by atoms with Gasteiger partial charge in [0.1, 0.15) is 12.0 Å². The average molecular weight is 566 g/mol. The summed E-state index contributed by atoms with van der Waals surface area (Å²) in [6.07, 6.45) is -6.80. The molecule has 3 heterocycles. The van der Waals surface area contributed by atoms with Crippen LogP contribution in [0.3, 0.4) is 0 Å². The molecule has 2 aliphatic rings. The third-order valence-corrected chi connectivity index (χ3v) is 8.49. The minimum absolute atomic E-state index is 0.0116. The minimum atomic E-state index is -4.75. The van der Waals surface area contributed by atoms with Gasteiger partial charge in [-0.1, -0.05) is 0 Å². The van der Waals surface area contributed by atoms with Crippen molar-refractivity contribution in [3.63, 3.8) is 0 Å². The number of carbonyl (C=O) groups excluding carboxylic acids is 1. The number of hydrogen-bond donors (Lipinski definition) is 0. The minimum Gasteiger partial charge on any atom is -0.369 e. The zero-order valence-electron chi connectivity index (χ0n) is 20.0. The molecule has 2 aromatic rings. The largest absolute Gasteiger partial charge is 0.522 e. The summed E-state index contributed by atoms with van der Waals surface area (Å²) < 4.78 is 110. The predicted molar refractivity (Wildman–Crippen MR) is 123 cm³/mol. The van der Waals surface area contributed by atoms with Gasteiger partial charge in [-0.05, 0) is 49.6 Å². The molecule has 0 saturated carbocycles. The van der Waals surface area contributed by atoms with Gasteiger partial charge in [0.15, 0.2) is 11.6 Å². The van der Waals surface area contributed by atoms with E-state index in [4.69, 9.17) is 0 Å². The second-order valence-corrected chi connectivity index (χ2v) is 11.1. The highest BCUT2D eigenvalue weighted by Gasteiger charge is 2.43. The lowest BCUT2D eigenvalue weighted by Crippen LogP contribution is -2.40. The van der Waals surface area contributed by atoms with Crippen LogP contribution in [-0.2, 0) is 26.0 Å². The highest BCUT2D eigenvalue weighted by atomic mass is 32.2. The van der Waals surface area contributed by atoms with Gasteiger partial charge in [0.2, 0.25) is 10.0 Å². The number of aromatic nitrogens is 1. The fourth-order valence-corrected chi connectivity index (χ4v) is 6.37. The van der Waals surface area contributed by atoms with E-state index in [1.807, 2.05) is 0 Å². The molecule has 2 atom stereocenters. The molecule has 1 aromatic heterocycles. The van der Waals surface area contributed by atoms with Crippen molar-refractivity contribution in [3.8, 4) is 0 Å². The second kappa shape index (κ2) is 11.2. The number of pyridine rings is 1. The van der Waals surface area contributed by atoms with E-state index in [1.54, 1.807) is 4.90 Å². The lowest BCUT2D eigenvalue weighted by Gasteiger charge is -2.33. The van der Waals surface area contributed by atoms with Crippen LogP contribution in [0.5, 0.6) is 0 Å². The zero-order valence-corrected chi connectivity index (χ0v) is 20.8. The van der Waals surface area contributed by atoms with Crippen molar-refractivity contribution in [2.45, 2.75) is 61.7 Å². The number of Topliss-reactive ketones (excluding diaryl/α,β-unsaturated/α-hetero) is 1. The van der Waals surface area contributed by atoms with Crippen molar-refractivity contribution >= 4 is 21.5 Å². The van der Waals surface area contributed by atoms with E-state index < -0.39 is 58.7 Å². The van der Waals surface area contributed by atoms with E-state index in [1.165, 1.54) is 6.07 Å². The third-order valence-electron chi connectivity index (χ3n) is 6.60. The first-order valence-electron chi connectivity index (χ1n) is 11.9. The Bertz CT molecular complexity index is 1250. The lowest BCUT2D eigenvalue weighted by atomic mass is 10.0. The number of aryl methyl sites for hydroxylation is 1. The molecule has 0 radical (unpaired) electrons. The van der Waals surface area contributed by atoms with E-state index in [9.17, 15) is 39.6 Å². The molecule has 208 valence electrons. The van der Waals surface area contributed by atoms with Gasteiger partial charge in [0.25, 0.3) is 0 Å². The Kier molecular flexibility index (Phi) is 8.33. The van der Waals surface area contributed by atoms with Crippen LogP contribution in [0.1, 0.15) is 31.4 Å². The van der Waals surface area contributed by atoms with E-state index >= 15 is 0 Å². The number of sulfonamides is 1. The number of halogens is 6. The molecule has 0 aliphatic carbocycles. The molecular formula is C24H25F6N3O4S. The van der Waals surface area contributed by atoms with E-state index in [2.05, 4.69) is 9.72 Å². The van der Waals surface area contributed by atoms with Gasteiger partial charge in [-0.25, -0.2) is 21.6 Å². The Hall–Kier alpha value is -2.71. The first-order chi connectivity index (χ1) is 17.8. The summed E-state index contributed by atoms with van der Waals surface area (Å²) in [6, 6.07) is 4.13. The second-order valence-electron chi connectivity index (χ2n) is 9.22. The molecule has 7 nitrogen and oxygen atoms in total.